The molecule has 0 aliphatic carbocycles. The van der Waals surface area contributed by atoms with Gasteiger partial charge in [0.15, 0.2) is 0 Å². The van der Waals surface area contributed by atoms with Crippen LogP contribution in [0, 0.1) is 0 Å². The summed E-state index contributed by atoms with van der Waals surface area (Å²) in [7, 11) is 0.281. The van der Waals surface area contributed by atoms with E-state index in [1.165, 1.54) is 16.3 Å². The average Bonchev–Trinajstić information content (AvgIpc) is 2.65. The van der Waals surface area contributed by atoms with Crippen molar-refractivity contribution in [2.24, 2.45) is 0 Å². The van der Waals surface area contributed by atoms with Gasteiger partial charge in [-0.2, -0.15) is 11.1 Å². The zero-order valence-electron chi connectivity index (χ0n) is 13.7. The van der Waals surface area contributed by atoms with Gasteiger partial charge in [-0.15, -0.1) is 0 Å². The Morgan fingerprint density at radius 3 is 1.79 bits per heavy atom. The molecule has 0 aromatic heterocycles. The second-order valence-corrected chi connectivity index (χ2v) is 6.79. The van der Waals surface area contributed by atoms with Crippen LogP contribution in [0.5, 0.6) is 0 Å². The maximum absolute atomic E-state index is 6.09. The van der Waals surface area contributed by atoms with Crippen LogP contribution in [-0.2, 0) is 12.8 Å². The van der Waals surface area contributed by atoms with Gasteiger partial charge in [-0.25, -0.2) is 0 Å². The van der Waals surface area contributed by atoms with E-state index in [0.717, 1.165) is 24.0 Å². The summed E-state index contributed by atoms with van der Waals surface area (Å²) < 4.78 is 0. The molecular weight excluding hydrogens is 328 g/mol. The third kappa shape index (κ3) is 5.84. The second kappa shape index (κ2) is 9.92. The van der Waals surface area contributed by atoms with E-state index in [0.29, 0.717) is 0 Å². The Morgan fingerprint density at radius 1 is 0.833 bits per heavy atom. The largest absolute Gasteiger partial charge is 0.210 e. The van der Waals surface area contributed by atoms with Crippen LogP contribution in [0.15, 0.2) is 85.1 Å². The zero-order valence-corrected chi connectivity index (χ0v) is 15.5. The molecule has 0 nitrogen and oxygen atoms in total. The molecule has 0 bridgehead atoms. The van der Waals surface area contributed by atoms with E-state index in [4.69, 9.17) is 11.1 Å². The lowest BCUT2D eigenvalue weighted by molar-refractivity contribution is 1.25. The minimum atomic E-state index is 0.281. The van der Waals surface area contributed by atoms with Crippen LogP contribution in [0.2, 0.25) is 0 Å². The minimum Gasteiger partial charge on any atom is -0.165 e. The summed E-state index contributed by atoms with van der Waals surface area (Å²) in [6, 6.07) is 16.9. The summed E-state index contributed by atoms with van der Waals surface area (Å²) in [6.45, 7) is 7.55. The van der Waals surface area contributed by atoms with E-state index in [2.05, 4.69) is 79.9 Å². The Morgan fingerprint density at radius 2 is 1.33 bits per heavy atom. The van der Waals surface area contributed by atoms with Crippen molar-refractivity contribution in [2.75, 3.05) is 0 Å². The number of rotatable bonds is 8. The Kier molecular flexibility index (Phi) is 7.54. The predicted molar refractivity (Wildman–Crippen MR) is 109 cm³/mol. The van der Waals surface area contributed by atoms with E-state index >= 15 is 0 Å². The van der Waals surface area contributed by atoms with Crippen molar-refractivity contribution in [3.8, 4) is 0 Å². The van der Waals surface area contributed by atoms with Gasteiger partial charge < -0.3 is 0 Å². The molecule has 0 saturated heterocycles. The first-order chi connectivity index (χ1) is 11.7. The Balaban J connectivity index is 1.93. The Bertz CT molecular complexity index is 722. The van der Waals surface area contributed by atoms with Gasteiger partial charge in [0.1, 0.15) is 0 Å². The number of hydrogen-bond donors (Lipinski definition) is 0. The summed E-state index contributed by atoms with van der Waals surface area (Å²) in [6.07, 6.45) is 12.0. The van der Waals surface area contributed by atoms with E-state index in [1.807, 2.05) is 12.2 Å². The predicted octanol–water partition coefficient (Wildman–Crippen LogP) is 6.06. The third-order valence-electron chi connectivity index (χ3n) is 3.75. The summed E-state index contributed by atoms with van der Waals surface area (Å²) >= 11 is 6.09. The minimum absolute atomic E-state index is 0.281. The number of allylic oxidation sites excluding steroid dienone is 4. The maximum Gasteiger partial charge on any atom is 0.210 e. The molecule has 0 aliphatic heterocycles. The Hall–Kier alpha value is -2.09. The van der Waals surface area contributed by atoms with E-state index in [-0.39, 0.29) is 8.83 Å². The molecule has 0 atom stereocenters. The van der Waals surface area contributed by atoms with Crippen LogP contribution in [0.1, 0.15) is 22.3 Å². The second-order valence-electron chi connectivity index (χ2n) is 5.46. The fourth-order valence-electron chi connectivity index (χ4n) is 2.27. The lowest BCUT2D eigenvalue weighted by atomic mass is 10.1. The van der Waals surface area contributed by atoms with Crippen molar-refractivity contribution in [1.29, 1.82) is 0 Å². The van der Waals surface area contributed by atoms with Crippen LogP contribution in [0.3, 0.4) is 0 Å². The molecule has 0 unspecified atom stereocenters. The number of benzene rings is 2. The molecule has 0 fully saturated rings. The molecule has 2 aromatic carbocycles. The van der Waals surface area contributed by atoms with Gasteiger partial charge in [0.25, 0.3) is 0 Å². The molecule has 0 N–H and O–H groups in total. The van der Waals surface area contributed by atoms with Crippen LogP contribution in [-0.4, -0.2) is 8.83 Å². The quantitative estimate of drug-likeness (QED) is 0.309. The van der Waals surface area contributed by atoms with Crippen LogP contribution >= 0.6 is 11.1 Å². The molecule has 2 heteroatoms. The van der Waals surface area contributed by atoms with Gasteiger partial charge in [-0.05, 0) is 40.3 Å². The standard InChI is InChI=1S/C22H21ClSi/c1-3-18-8-12-20(13-9-18)6-5-7-22(24-23)17-16-21-14-10-19(4-2)11-15-21/h3-5,7-15,17H,1-2,6,16H2. The molecule has 0 amide bonds. The van der Waals surface area contributed by atoms with Gasteiger partial charge in [-0.3, -0.25) is 0 Å². The highest BCUT2D eigenvalue weighted by Gasteiger charge is 1.96. The van der Waals surface area contributed by atoms with Crippen LogP contribution < -0.4 is 0 Å². The van der Waals surface area contributed by atoms with Crippen molar-refractivity contribution < 1.29 is 0 Å². The Labute approximate surface area is 152 Å². The van der Waals surface area contributed by atoms with Gasteiger partial charge in [0, 0.05) is 0 Å². The molecule has 2 rings (SSSR count). The first-order valence-electron chi connectivity index (χ1n) is 7.91. The SMILES string of the molecule is C=Cc1ccc(CC=CC(=CCc2ccc(C=C)cc2)[Si]Cl)cc1. The lowest BCUT2D eigenvalue weighted by Gasteiger charge is -2.01. The molecule has 0 spiro atoms. The average molecular weight is 349 g/mol. The summed E-state index contributed by atoms with van der Waals surface area (Å²) in [5.74, 6) is 0. The fourth-order valence-corrected chi connectivity index (χ4v) is 3.05. The molecule has 2 aromatic rings. The number of halogens is 1. The summed E-state index contributed by atoms with van der Waals surface area (Å²) in [4.78, 5) is 0. The van der Waals surface area contributed by atoms with Crippen molar-refractivity contribution in [1.82, 2.24) is 0 Å². The molecule has 0 heterocycles. The van der Waals surface area contributed by atoms with E-state index < -0.39 is 0 Å². The van der Waals surface area contributed by atoms with Gasteiger partial charge in [0.2, 0.25) is 8.83 Å². The fraction of sp³-hybridized carbons (Fsp3) is 0.0909. The van der Waals surface area contributed by atoms with Crippen molar-refractivity contribution >= 4 is 32.1 Å². The van der Waals surface area contributed by atoms with E-state index in [1.54, 1.807) is 0 Å². The van der Waals surface area contributed by atoms with Crippen LogP contribution in [0.25, 0.3) is 12.2 Å². The van der Waals surface area contributed by atoms with Gasteiger partial charge in [0.05, 0.1) is 0 Å². The molecule has 0 aliphatic rings. The highest BCUT2D eigenvalue weighted by molar-refractivity contribution is 6.98. The molecule has 120 valence electrons. The normalized spacial score (nSPS) is 11.6. The first kappa shape index (κ1) is 18.2. The molecule has 0 saturated carbocycles. The van der Waals surface area contributed by atoms with E-state index in [9.17, 15) is 0 Å². The monoisotopic (exact) mass is 348 g/mol. The van der Waals surface area contributed by atoms with Gasteiger partial charge in [-0.1, -0.05) is 92.1 Å². The van der Waals surface area contributed by atoms with Gasteiger partial charge >= 0.3 is 0 Å². The first-order valence-corrected chi connectivity index (χ1v) is 9.92. The van der Waals surface area contributed by atoms with Crippen molar-refractivity contribution in [2.45, 2.75) is 12.8 Å². The summed E-state index contributed by atoms with van der Waals surface area (Å²) in [5, 5.41) is 1.17. The van der Waals surface area contributed by atoms with Crippen molar-refractivity contribution in [3.63, 3.8) is 0 Å². The third-order valence-corrected chi connectivity index (χ3v) is 4.99. The highest BCUT2D eigenvalue weighted by atomic mass is 35.6. The smallest absolute Gasteiger partial charge is 0.165 e. The number of hydrogen-bond acceptors (Lipinski definition) is 0. The molecule has 24 heavy (non-hydrogen) atoms. The van der Waals surface area contributed by atoms with Crippen molar-refractivity contribution in [3.05, 3.63) is 107 Å². The van der Waals surface area contributed by atoms with Crippen LogP contribution in [0.4, 0.5) is 0 Å². The molecule has 2 radical (unpaired) electrons. The summed E-state index contributed by atoms with van der Waals surface area (Å²) in [5.41, 5.74) is 4.85. The molecular formula is C22H21ClSi. The zero-order chi connectivity index (χ0) is 17.2. The maximum atomic E-state index is 6.09. The highest BCUT2D eigenvalue weighted by Crippen LogP contribution is 2.10. The topological polar surface area (TPSA) is 0 Å². The lowest BCUT2D eigenvalue weighted by Crippen LogP contribution is -1.89.